The molecule has 5 heteroatoms. The summed E-state index contributed by atoms with van der Waals surface area (Å²) in [5.74, 6) is 0.415. The van der Waals surface area contributed by atoms with Crippen LogP contribution in [0.2, 0.25) is 0 Å². The summed E-state index contributed by atoms with van der Waals surface area (Å²) < 4.78 is 1.52. The average Bonchev–Trinajstić information content (AvgIpc) is 2.51. The molecule has 24 heavy (non-hydrogen) atoms. The van der Waals surface area contributed by atoms with Gasteiger partial charge in [-0.15, -0.1) is 0 Å². The lowest BCUT2D eigenvalue weighted by Crippen LogP contribution is -2.21. The minimum absolute atomic E-state index is 0.103. The zero-order chi connectivity index (χ0) is 17.6. The number of aromatic nitrogens is 3. The van der Waals surface area contributed by atoms with Gasteiger partial charge in [-0.2, -0.15) is 0 Å². The van der Waals surface area contributed by atoms with Crippen molar-refractivity contribution >= 4 is 16.7 Å². The standard InChI is InChI=1S/C19H19N3O2/c1-10-8-15(13(4)23)17-16(9-10)19(24)22(5)18(21-17)14-7-6-11(2)20-12(14)3/h6-9H,1-5H3. The molecule has 5 nitrogen and oxygen atoms in total. The number of hydrogen-bond acceptors (Lipinski definition) is 4. The molecule has 0 atom stereocenters. The van der Waals surface area contributed by atoms with E-state index < -0.39 is 0 Å². The molecule has 0 amide bonds. The van der Waals surface area contributed by atoms with Crippen molar-refractivity contribution in [3.8, 4) is 11.4 Å². The van der Waals surface area contributed by atoms with Gasteiger partial charge in [-0.05, 0) is 57.5 Å². The lowest BCUT2D eigenvalue weighted by molar-refractivity contribution is 0.101. The van der Waals surface area contributed by atoms with E-state index in [9.17, 15) is 9.59 Å². The normalized spacial score (nSPS) is 11.0. The lowest BCUT2D eigenvalue weighted by atomic mass is 10.0. The SMILES string of the molecule is CC(=O)c1cc(C)cc2c(=O)n(C)c(-c3ccc(C)nc3C)nc12. The van der Waals surface area contributed by atoms with E-state index in [1.165, 1.54) is 11.5 Å². The van der Waals surface area contributed by atoms with E-state index in [4.69, 9.17) is 0 Å². The molecular weight excluding hydrogens is 302 g/mol. The summed E-state index contributed by atoms with van der Waals surface area (Å²) in [6.45, 7) is 7.17. The summed E-state index contributed by atoms with van der Waals surface area (Å²) >= 11 is 0. The van der Waals surface area contributed by atoms with Crippen LogP contribution in [0, 0.1) is 20.8 Å². The molecule has 0 saturated heterocycles. The van der Waals surface area contributed by atoms with Crippen molar-refractivity contribution in [1.82, 2.24) is 14.5 Å². The molecule has 122 valence electrons. The van der Waals surface area contributed by atoms with Crippen LogP contribution in [0.25, 0.3) is 22.3 Å². The maximum atomic E-state index is 12.8. The molecule has 0 fully saturated rings. The van der Waals surface area contributed by atoms with E-state index >= 15 is 0 Å². The van der Waals surface area contributed by atoms with Gasteiger partial charge >= 0.3 is 0 Å². The number of carbonyl (C=O) groups excluding carboxylic acids is 1. The van der Waals surface area contributed by atoms with Crippen LogP contribution in [-0.2, 0) is 7.05 Å². The van der Waals surface area contributed by atoms with Crippen LogP contribution < -0.4 is 5.56 Å². The Hall–Kier alpha value is -2.82. The van der Waals surface area contributed by atoms with Gasteiger partial charge in [0, 0.05) is 29.6 Å². The third-order valence-corrected chi connectivity index (χ3v) is 4.17. The first-order valence-electron chi connectivity index (χ1n) is 7.76. The lowest BCUT2D eigenvalue weighted by Gasteiger charge is -2.13. The Kier molecular flexibility index (Phi) is 3.79. The van der Waals surface area contributed by atoms with Crippen molar-refractivity contribution in [2.75, 3.05) is 0 Å². The highest BCUT2D eigenvalue weighted by molar-refractivity contribution is 6.05. The van der Waals surface area contributed by atoms with Crippen LogP contribution >= 0.6 is 0 Å². The molecule has 2 aromatic heterocycles. The number of hydrogen-bond donors (Lipinski definition) is 0. The van der Waals surface area contributed by atoms with E-state index in [-0.39, 0.29) is 11.3 Å². The molecule has 0 unspecified atom stereocenters. The van der Waals surface area contributed by atoms with E-state index in [2.05, 4.69) is 9.97 Å². The molecule has 0 radical (unpaired) electrons. The summed E-state index contributed by atoms with van der Waals surface area (Å²) in [6.07, 6.45) is 0. The van der Waals surface area contributed by atoms with E-state index in [1.807, 2.05) is 32.9 Å². The summed E-state index contributed by atoms with van der Waals surface area (Å²) in [6, 6.07) is 7.36. The first-order valence-corrected chi connectivity index (χ1v) is 7.76. The molecule has 0 aliphatic carbocycles. The minimum Gasteiger partial charge on any atom is -0.295 e. The Balaban J connectivity index is 2.45. The zero-order valence-corrected chi connectivity index (χ0v) is 14.5. The summed E-state index contributed by atoms with van der Waals surface area (Å²) in [7, 11) is 1.69. The third-order valence-electron chi connectivity index (χ3n) is 4.17. The van der Waals surface area contributed by atoms with Gasteiger partial charge in [0.15, 0.2) is 5.78 Å². The quantitative estimate of drug-likeness (QED) is 0.680. The van der Waals surface area contributed by atoms with Crippen molar-refractivity contribution in [2.45, 2.75) is 27.7 Å². The van der Waals surface area contributed by atoms with E-state index in [0.717, 1.165) is 22.5 Å². The third kappa shape index (κ3) is 2.52. The van der Waals surface area contributed by atoms with Gasteiger partial charge in [-0.1, -0.05) is 0 Å². The largest absolute Gasteiger partial charge is 0.295 e. The predicted octanol–water partition coefficient (Wildman–Crippen LogP) is 3.12. The van der Waals surface area contributed by atoms with Crippen LogP contribution in [0.15, 0.2) is 29.1 Å². The second-order valence-corrected chi connectivity index (χ2v) is 6.15. The zero-order valence-electron chi connectivity index (χ0n) is 14.5. The van der Waals surface area contributed by atoms with Gasteiger partial charge in [-0.25, -0.2) is 4.98 Å². The monoisotopic (exact) mass is 321 g/mol. The molecule has 0 N–H and O–H groups in total. The van der Waals surface area contributed by atoms with E-state index in [1.54, 1.807) is 19.2 Å². The number of nitrogens with zero attached hydrogens (tertiary/aromatic N) is 3. The highest BCUT2D eigenvalue weighted by atomic mass is 16.1. The number of carbonyl (C=O) groups is 1. The Bertz CT molecular complexity index is 1050. The molecule has 3 aromatic rings. The van der Waals surface area contributed by atoms with Crippen molar-refractivity contribution in [1.29, 1.82) is 0 Å². The van der Waals surface area contributed by atoms with Crippen LogP contribution in [0.5, 0.6) is 0 Å². The molecule has 0 saturated carbocycles. The minimum atomic E-state index is -0.166. The molecule has 0 aliphatic heterocycles. The van der Waals surface area contributed by atoms with Gasteiger partial charge in [0.1, 0.15) is 5.82 Å². The first kappa shape index (κ1) is 16.1. The number of pyridine rings is 1. The van der Waals surface area contributed by atoms with Crippen molar-refractivity contribution in [3.05, 3.63) is 57.1 Å². The summed E-state index contributed by atoms with van der Waals surface area (Å²) in [5.41, 5.74) is 4.12. The maximum Gasteiger partial charge on any atom is 0.261 e. The highest BCUT2D eigenvalue weighted by Crippen LogP contribution is 2.24. The van der Waals surface area contributed by atoms with Crippen molar-refractivity contribution in [3.63, 3.8) is 0 Å². The topological polar surface area (TPSA) is 64.8 Å². The Morgan fingerprint density at radius 2 is 1.79 bits per heavy atom. The Morgan fingerprint density at radius 1 is 1.08 bits per heavy atom. The molecule has 2 heterocycles. The molecule has 1 aromatic carbocycles. The van der Waals surface area contributed by atoms with Gasteiger partial charge < -0.3 is 0 Å². The highest BCUT2D eigenvalue weighted by Gasteiger charge is 2.17. The van der Waals surface area contributed by atoms with Crippen LogP contribution in [0.4, 0.5) is 0 Å². The van der Waals surface area contributed by atoms with Crippen molar-refractivity contribution in [2.24, 2.45) is 7.05 Å². The maximum absolute atomic E-state index is 12.8. The number of rotatable bonds is 2. The smallest absolute Gasteiger partial charge is 0.261 e. The summed E-state index contributed by atoms with van der Waals surface area (Å²) in [4.78, 5) is 33.9. The number of fused-ring (bicyclic) bond motifs is 1. The second kappa shape index (κ2) is 5.67. The molecule has 0 aliphatic rings. The van der Waals surface area contributed by atoms with Crippen LogP contribution in [0.1, 0.15) is 34.2 Å². The van der Waals surface area contributed by atoms with Gasteiger partial charge in [0.05, 0.1) is 10.9 Å². The first-order chi connectivity index (χ1) is 11.3. The fraction of sp³-hybridized carbons (Fsp3) is 0.263. The van der Waals surface area contributed by atoms with Gasteiger partial charge in [-0.3, -0.25) is 19.1 Å². The summed E-state index contributed by atoms with van der Waals surface area (Å²) in [5, 5.41) is 0.462. The van der Waals surface area contributed by atoms with Gasteiger partial charge in [0.2, 0.25) is 0 Å². The number of aryl methyl sites for hydroxylation is 3. The molecular formula is C19H19N3O2. The number of Topliss-reactive ketones (excluding diaryl/α,β-unsaturated/α-hetero) is 1. The van der Waals surface area contributed by atoms with Crippen molar-refractivity contribution < 1.29 is 4.79 Å². The van der Waals surface area contributed by atoms with Gasteiger partial charge in [0.25, 0.3) is 5.56 Å². The molecule has 0 bridgehead atoms. The predicted molar refractivity (Wildman–Crippen MR) is 94.4 cm³/mol. The Labute approximate surface area is 140 Å². The van der Waals surface area contributed by atoms with E-state index in [0.29, 0.717) is 22.3 Å². The molecule has 0 spiro atoms. The number of ketones is 1. The van der Waals surface area contributed by atoms with Crippen LogP contribution in [0.3, 0.4) is 0 Å². The second-order valence-electron chi connectivity index (χ2n) is 6.15. The fourth-order valence-electron chi connectivity index (χ4n) is 2.95. The Morgan fingerprint density at radius 3 is 2.42 bits per heavy atom. The fourth-order valence-corrected chi connectivity index (χ4v) is 2.95. The molecule has 3 rings (SSSR count). The average molecular weight is 321 g/mol. The van der Waals surface area contributed by atoms with Crippen LogP contribution in [-0.4, -0.2) is 20.3 Å². The number of benzene rings is 1.